The molecule has 0 aliphatic rings. The minimum Gasteiger partial charge on any atom is -0.489 e. The molecule has 1 heterocycles. The van der Waals surface area contributed by atoms with Crippen LogP contribution in [0, 0.1) is 0 Å². The van der Waals surface area contributed by atoms with Gasteiger partial charge < -0.3 is 4.74 Å². The second kappa shape index (κ2) is 5.92. The largest absolute Gasteiger partial charge is 0.489 e. The SMILES string of the molecule is C=CCOc1ccccc1C(=O)Nc1nncs1. The summed E-state index contributed by atoms with van der Waals surface area (Å²) in [6.45, 7) is 3.92. The molecule has 0 saturated carbocycles. The molecule has 0 aliphatic heterocycles. The van der Waals surface area contributed by atoms with Crippen molar-refractivity contribution in [2.45, 2.75) is 0 Å². The number of rotatable bonds is 5. The second-order valence-electron chi connectivity index (χ2n) is 3.29. The summed E-state index contributed by atoms with van der Waals surface area (Å²) in [6.07, 6.45) is 1.62. The number of hydrogen-bond acceptors (Lipinski definition) is 5. The smallest absolute Gasteiger partial charge is 0.261 e. The predicted molar refractivity (Wildman–Crippen MR) is 70.0 cm³/mol. The van der Waals surface area contributed by atoms with Crippen LogP contribution >= 0.6 is 11.3 Å². The Kier molecular flexibility index (Phi) is 4.03. The lowest BCUT2D eigenvalue weighted by molar-refractivity contribution is 0.102. The van der Waals surface area contributed by atoms with Crippen molar-refractivity contribution >= 4 is 22.4 Å². The van der Waals surface area contributed by atoms with Crippen molar-refractivity contribution in [2.75, 3.05) is 11.9 Å². The summed E-state index contributed by atoms with van der Waals surface area (Å²) in [5, 5.41) is 10.5. The number of nitrogens with one attached hydrogen (secondary N) is 1. The van der Waals surface area contributed by atoms with E-state index in [0.717, 1.165) is 0 Å². The Morgan fingerprint density at radius 3 is 3.06 bits per heavy atom. The van der Waals surface area contributed by atoms with E-state index in [1.165, 1.54) is 11.3 Å². The molecular weight excluding hydrogens is 250 g/mol. The summed E-state index contributed by atoms with van der Waals surface area (Å²) >= 11 is 1.26. The normalized spacial score (nSPS) is 9.78. The number of ether oxygens (including phenoxy) is 1. The van der Waals surface area contributed by atoms with Gasteiger partial charge in [0.1, 0.15) is 17.9 Å². The number of nitrogens with zero attached hydrogens (tertiary/aromatic N) is 2. The number of anilines is 1. The number of carbonyl (C=O) groups is 1. The van der Waals surface area contributed by atoms with E-state index in [4.69, 9.17) is 4.74 Å². The molecule has 0 saturated heterocycles. The van der Waals surface area contributed by atoms with E-state index < -0.39 is 0 Å². The molecule has 0 bridgehead atoms. The van der Waals surface area contributed by atoms with Crippen LogP contribution in [0.25, 0.3) is 0 Å². The molecule has 1 aromatic heterocycles. The minimum atomic E-state index is -0.272. The van der Waals surface area contributed by atoms with E-state index in [2.05, 4.69) is 22.1 Å². The van der Waals surface area contributed by atoms with Gasteiger partial charge >= 0.3 is 0 Å². The van der Waals surface area contributed by atoms with Crippen LogP contribution in [0.5, 0.6) is 5.75 Å². The van der Waals surface area contributed by atoms with Crippen LogP contribution in [0.15, 0.2) is 42.4 Å². The summed E-state index contributed by atoms with van der Waals surface area (Å²) in [7, 11) is 0. The maximum absolute atomic E-state index is 12.0. The van der Waals surface area contributed by atoms with Crippen LogP contribution in [0.2, 0.25) is 0 Å². The van der Waals surface area contributed by atoms with Crippen molar-refractivity contribution in [3.8, 4) is 5.75 Å². The summed E-state index contributed by atoms with van der Waals surface area (Å²) in [4.78, 5) is 12.0. The molecule has 0 atom stereocenters. The third-order valence-electron chi connectivity index (χ3n) is 2.07. The zero-order valence-electron chi connectivity index (χ0n) is 9.50. The summed E-state index contributed by atoms with van der Waals surface area (Å²) in [6, 6.07) is 7.00. The third-order valence-corrected chi connectivity index (χ3v) is 2.68. The van der Waals surface area contributed by atoms with Crippen molar-refractivity contribution in [2.24, 2.45) is 0 Å². The highest BCUT2D eigenvalue weighted by Crippen LogP contribution is 2.20. The lowest BCUT2D eigenvalue weighted by Crippen LogP contribution is -2.13. The molecule has 0 radical (unpaired) electrons. The van der Waals surface area contributed by atoms with Crippen molar-refractivity contribution < 1.29 is 9.53 Å². The second-order valence-corrected chi connectivity index (χ2v) is 4.13. The molecule has 1 amide bonds. The van der Waals surface area contributed by atoms with Crippen LogP contribution in [0.1, 0.15) is 10.4 Å². The van der Waals surface area contributed by atoms with E-state index in [1.807, 2.05) is 0 Å². The fraction of sp³-hybridized carbons (Fsp3) is 0.0833. The monoisotopic (exact) mass is 261 g/mol. The maximum atomic E-state index is 12.0. The molecule has 0 spiro atoms. The van der Waals surface area contributed by atoms with Gasteiger partial charge in [0.25, 0.3) is 5.91 Å². The van der Waals surface area contributed by atoms with Gasteiger partial charge in [-0.15, -0.1) is 10.2 Å². The number of carbonyl (C=O) groups excluding carboxylic acids is 1. The average molecular weight is 261 g/mol. The zero-order valence-corrected chi connectivity index (χ0v) is 10.3. The molecule has 1 aromatic carbocycles. The summed E-state index contributed by atoms with van der Waals surface area (Å²) in [5.74, 6) is 0.242. The molecule has 18 heavy (non-hydrogen) atoms. The summed E-state index contributed by atoms with van der Waals surface area (Å²) < 4.78 is 5.42. The fourth-order valence-electron chi connectivity index (χ4n) is 1.32. The topological polar surface area (TPSA) is 64.1 Å². The fourth-order valence-corrected chi connectivity index (χ4v) is 1.76. The van der Waals surface area contributed by atoms with E-state index in [9.17, 15) is 4.79 Å². The molecule has 2 aromatic rings. The number of para-hydroxylation sites is 1. The van der Waals surface area contributed by atoms with Crippen molar-refractivity contribution in [1.29, 1.82) is 0 Å². The van der Waals surface area contributed by atoms with Gasteiger partial charge in [-0.1, -0.05) is 36.1 Å². The van der Waals surface area contributed by atoms with Crippen LogP contribution < -0.4 is 10.1 Å². The van der Waals surface area contributed by atoms with Crippen molar-refractivity contribution in [3.63, 3.8) is 0 Å². The minimum absolute atomic E-state index is 0.272. The lowest BCUT2D eigenvalue weighted by atomic mass is 10.2. The van der Waals surface area contributed by atoms with Gasteiger partial charge in [-0.2, -0.15) is 0 Å². The third kappa shape index (κ3) is 2.92. The van der Waals surface area contributed by atoms with Gasteiger partial charge in [0.2, 0.25) is 5.13 Å². The van der Waals surface area contributed by atoms with Gasteiger partial charge in [0.15, 0.2) is 0 Å². The highest BCUT2D eigenvalue weighted by atomic mass is 32.1. The quantitative estimate of drug-likeness (QED) is 0.839. The predicted octanol–water partition coefficient (Wildman–Crippen LogP) is 2.36. The Morgan fingerprint density at radius 2 is 2.33 bits per heavy atom. The highest BCUT2D eigenvalue weighted by molar-refractivity contribution is 7.13. The lowest BCUT2D eigenvalue weighted by Gasteiger charge is -2.08. The van der Waals surface area contributed by atoms with E-state index in [1.54, 1.807) is 35.9 Å². The number of benzene rings is 1. The molecule has 6 heteroatoms. The Hall–Kier alpha value is -2.21. The highest BCUT2D eigenvalue weighted by Gasteiger charge is 2.13. The first-order chi connectivity index (χ1) is 8.81. The first-order valence-corrected chi connectivity index (χ1v) is 6.09. The standard InChI is InChI=1S/C12H11N3O2S/c1-2-7-17-10-6-4-3-5-9(10)11(16)14-12-15-13-8-18-12/h2-6,8H,1,7H2,(H,14,15,16). The molecule has 5 nitrogen and oxygen atoms in total. The van der Waals surface area contributed by atoms with Crippen LogP contribution in [0.3, 0.4) is 0 Å². The number of hydrogen-bond donors (Lipinski definition) is 1. The van der Waals surface area contributed by atoms with Gasteiger partial charge in [0.05, 0.1) is 5.56 Å². The first-order valence-electron chi connectivity index (χ1n) is 5.21. The van der Waals surface area contributed by atoms with Crippen LogP contribution in [-0.2, 0) is 0 Å². The van der Waals surface area contributed by atoms with Crippen molar-refractivity contribution in [1.82, 2.24) is 10.2 Å². The Morgan fingerprint density at radius 1 is 1.50 bits per heavy atom. The maximum Gasteiger partial charge on any atom is 0.261 e. The van der Waals surface area contributed by atoms with E-state index in [0.29, 0.717) is 23.1 Å². The molecule has 0 aliphatic carbocycles. The number of aromatic nitrogens is 2. The van der Waals surface area contributed by atoms with E-state index in [-0.39, 0.29) is 5.91 Å². The van der Waals surface area contributed by atoms with Crippen molar-refractivity contribution in [3.05, 3.63) is 48.0 Å². The van der Waals surface area contributed by atoms with E-state index >= 15 is 0 Å². The van der Waals surface area contributed by atoms with Crippen LogP contribution in [0.4, 0.5) is 5.13 Å². The van der Waals surface area contributed by atoms with Crippen LogP contribution in [-0.4, -0.2) is 22.7 Å². The zero-order chi connectivity index (χ0) is 12.8. The van der Waals surface area contributed by atoms with Gasteiger partial charge in [0, 0.05) is 0 Å². The molecule has 92 valence electrons. The molecule has 0 unspecified atom stereocenters. The van der Waals surface area contributed by atoms with Gasteiger partial charge in [-0.25, -0.2) is 0 Å². The molecular formula is C12H11N3O2S. The average Bonchev–Trinajstić information content (AvgIpc) is 2.89. The molecule has 2 rings (SSSR count). The molecule has 1 N–H and O–H groups in total. The Balaban J connectivity index is 2.16. The Labute approximate surface area is 108 Å². The van der Waals surface area contributed by atoms with Gasteiger partial charge in [-0.3, -0.25) is 10.1 Å². The number of amides is 1. The van der Waals surface area contributed by atoms with Gasteiger partial charge in [-0.05, 0) is 12.1 Å². The summed E-state index contributed by atoms with van der Waals surface area (Å²) in [5.41, 5.74) is 2.00. The Bertz CT molecular complexity index is 540. The first kappa shape index (κ1) is 12.3. The molecule has 0 fully saturated rings.